The second-order valence-electron chi connectivity index (χ2n) is 5.05. The molecule has 3 rings (SSSR count). The molecule has 0 unspecified atom stereocenters. The lowest BCUT2D eigenvalue weighted by Gasteiger charge is -2.12. The average molecular weight is 324 g/mol. The maximum Gasteiger partial charge on any atom is 0.343 e. The minimum atomic E-state index is -0.676. The Morgan fingerprint density at radius 2 is 1.96 bits per heavy atom. The molecular formula is C18H16N2O4. The van der Waals surface area contributed by atoms with Gasteiger partial charge in [-0.25, -0.2) is 9.78 Å². The zero-order valence-corrected chi connectivity index (χ0v) is 13.1. The highest BCUT2D eigenvalue weighted by molar-refractivity contribution is 5.92. The van der Waals surface area contributed by atoms with Crippen LogP contribution in [-0.2, 0) is 11.3 Å². The Hall–Kier alpha value is -3.15. The number of esters is 1. The van der Waals surface area contributed by atoms with Crippen LogP contribution in [0.25, 0.3) is 11.0 Å². The topological polar surface area (TPSA) is 70.4 Å². The van der Waals surface area contributed by atoms with E-state index in [0.717, 1.165) is 10.3 Å². The molecule has 2 heterocycles. The number of ether oxygens (including phenoxy) is 1. The van der Waals surface area contributed by atoms with Crippen LogP contribution < -0.4 is 10.4 Å². The molecule has 0 aliphatic carbocycles. The molecular weight excluding hydrogens is 308 g/mol. The van der Waals surface area contributed by atoms with Crippen molar-refractivity contribution in [3.05, 3.63) is 76.2 Å². The predicted molar refractivity (Wildman–Crippen MR) is 88.7 cm³/mol. The van der Waals surface area contributed by atoms with Crippen molar-refractivity contribution in [2.45, 2.75) is 13.5 Å². The van der Waals surface area contributed by atoms with Crippen molar-refractivity contribution in [3.8, 4) is 0 Å². The van der Waals surface area contributed by atoms with E-state index in [1.54, 1.807) is 25.3 Å². The lowest BCUT2D eigenvalue weighted by molar-refractivity contribution is 0.0512. The summed E-state index contributed by atoms with van der Waals surface area (Å²) in [7, 11) is 0. The summed E-state index contributed by atoms with van der Waals surface area (Å²) in [5, 5.41) is 0.619. The number of benzene rings is 1. The Kier molecular flexibility index (Phi) is 4.56. The monoisotopic (exact) mass is 324 g/mol. The zero-order valence-electron chi connectivity index (χ0n) is 13.1. The first kappa shape index (κ1) is 15.7. The van der Waals surface area contributed by atoms with Gasteiger partial charge in [-0.05, 0) is 30.7 Å². The summed E-state index contributed by atoms with van der Waals surface area (Å²) in [6.07, 6.45) is 1.56. The number of carbonyl (C=O) groups is 1. The molecule has 0 fully saturated rings. The Labute approximate surface area is 138 Å². The number of rotatable bonds is 5. The van der Waals surface area contributed by atoms with E-state index >= 15 is 0 Å². The third-order valence-electron chi connectivity index (χ3n) is 3.42. The second kappa shape index (κ2) is 6.95. The van der Waals surface area contributed by atoms with Crippen LogP contribution in [0.2, 0.25) is 0 Å². The Bertz CT molecular complexity index is 919. The molecule has 0 bridgehead atoms. The SMILES string of the molecule is CCOC(=O)c1cc2cccnc2n(OCc2ccccc2)c1=O. The van der Waals surface area contributed by atoms with Gasteiger partial charge in [0.25, 0.3) is 5.56 Å². The molecule has 0 aliphatic rings. The van der Waals surface area contributed by atoms with E-state index in [9.17, 15) is 9.59 Å². The van der Waals surface area contributed by atoms with Crippen LogP contribution in [0.15, 0.2) is 59.5 Å². The van der Waals surface area contributed by atoms with Gasteiger partial charge in [-0.2, -0.15) is 0 Å². The number of pyridine rings is 2. The molecule has 0 radical (unpaired) electrons. The summed E-state index contributed by atoms with van der Waals surface area (Å²) in [5.41, 5.74) is 0.586. The van der Waals surface area contributed by atoms with Crippen LogP contribution in [0.4, 0.5) is 0 Å². The van der Waals surface area contributed by atoms with Gasteiger partial charge < -0.3 is 9.57 Å². The van der Waals surface area contributed by atoms with Gasteiger partial charge in [-0.15, -0.1) is 4.73 Å². The van der Waals surface area contributed by atoms with E-state index in [1.165, 1.54) is 6.07 Å². The van der Waals surface area contributed by atoms with Crippen LogP contribution in [-0.4, -0.2) is 22.3 Å². The Morgan fingerprint density at radius 1 is 1.17 bits per heavy atom. The van der Waals surface area contributed by atoms with Gasteiger partial charge in [-0.3, -0.25) is 4.79 Å². The average Bonchev–Trinajstić information content (AvgIpc) is 2.61. The summed E-state index contributed by atoms with van der Waals surface area (Å²) >= 11 is 0. The largest absolute Gasteiger partial charge is 0.462 e. The molecule has 1 aromatic carbocycles. The van der Waals surface area contributed by atoms with Gasteiger partial charge in [0.2, 0.25) is 0 Å². The first-order valence-corrected chi connectivity index (χ1v) is 7.56. The summed E-state index contributed by atoms with van der Waals surface area (Å²) in [4.78, 5) is 34.5. The third-order valence-corrected chi connectivity index (χ3v) is 3.42. The summed E-state index contributed by atoms with van der Waals surface area (Å²) < 4.78 is 6.00. The van der Waals surface area contributed by atoms with Crippen molar-refractivity contribution in [2.24, 2.45) is 0 Å². The molecule has 0 amide bonds. The highest BCUT2D eigenvalue weighted by atomic mass is 16.7. The molecule has 0 spiro atoms. The molecule has 0 aliphatic heterocycles. The minimum absolute atomic E-state index is 0.0783. The standard InChI is InChI=1S/C18H16N2O4/c1-2-23-18(22)15-11-14-9-6-10-19-16(14)20(17(15)21)24-12-13-7-4-3-5-8-13/h3-11H,2,12H2,1H3. The van der Waals surface area contributed by atoms with E-state index in [2.05, 4.69) is 4.98 Å². The van der Waals surface area contributed by atoms with Gasteiger partial charge in [0, 0.05) is 11.6 Å². The lowest BCUT2D eigenvalue weighted by Crippen LogP contribution is -2.32. The van der Waals surface area contributed by atoms with Crippen LogP contribution in [0.5, 0.6) is 0 Å². The Morgan fingerprint density at radius 3 is 2.71 bits per heavy atom. The van der Waals surface area contributed by atoms with Crippen LogP contribution in [0.1, 0.15) is 22.8 Å². The molecule has 6 nitrogen and oxygen atoms in total. The number of carbonyl (C=O) groups excluding carboxylic acids is 1. The van der Waals surface area contributed by atoms with Crippen LogP contribution in [0, 0.1) is 0 Å². The van der Waals surface area contributed by atoms with Crippen molar-refractivity contribution in [1.82, 2.24) is 9.71 Å². The fourth-order valence-corrected chi connectivity index (χ4v) is 2.30. The van der Waals surface area contributed by atoms with Gasteiger partial charge in [0.1, 0.15) is 12.2 Å². The fraction of sp³-hybridized carbons (Fsp3) is 0.167. The number of fused-ring (bicyclic) bond motifs is 1. The number of hydrogen-bond acceptors (Lipinski definition) is 5. The molecule has 0 atom stereocenters. The van der Waals surface area contributed by atoms with Crippen LogP contribution in [0.3, 0.4) is 0 Å². The fourth-order valence-electron chi connectivity index (χ4n) is 2.30. The van der Waals surface area contributed by atoms with Gasteiger partial charge in [-0.1, -0.05) is 30.3 Å². The predicted octanol–water partition coefficient (Wildman–Crippen LogP) is 2.20. The molecule has 2 aromatic heterocycles. The lowest BCUT2D eigenvalue weighted by atomic mass is 10.2. The van der Waals surface area contributed by atoms with E-state index < -0.39 is 11.5 Å². The van der Waals surface area contributed by atoms with Crippen molar-refractivity contribution < 1.29 is 14.4 Å². The van der Waals surface area contributed by atoms with E-state index in [0.29, 0.717) is 11.0 Å². The number of hydrogen-bond donors (Lipinski definition) is 0. The molecule has 122 valence electrons. The van der Waals surface area contributed by atoms with Gasteiger partial charge in [0.15, 0.2) is 5.65 Å². The maximum atomic E-state index is 12.6. The number of aromatic nitrogens is 2. The molecule has 24 heavy (non-hydrogen) atoms. The first-order valence-electron chi connectivity index (χ1n) is 7.56. The first-order chi connectivity index (χ1) is 11.7. The highest BCUT2D eigenvalue weighted by Crippen LogP contribution is 2.11. The smallest absolute Gasteiger partial charge is 0.343 e. The van der Waals surface area contributed by atoms with Gasteiger partial charge >= 0.3 is 5.97 Å². The van der Waals surface area contributed by atoms with Crippen molar-refractivity contribution >= 4 is 17.0 Å². The molecule has 6 heteroatoms. The van der Waals surface area contributed by atoms with Crippen molar-refractivity contribution in [2.75, 3.05) is 6.61 Å². The van der Waals surface area contributed by atoms with Crippen LogP contribution >= 0.6 is 0 Å². The van der Waals surface area contributed by atoms with Gasteiger partial charge in [0.05, 0.1) is 6.61 Å². The summed E-state index contributed by atoms with van der Waals surface area (Å²) in [6, 6.07) is 14.4. The van der Waals surface area contributed by atoms with E-state index in [4.69, 9.17) is 9.57 Å². The van der Waals surface area contributed by atoms with Crippen molar-refractivity contribution in [1.29, 1.82) is 0 Å². The normalized spacial score (nSPS) is 10.5. The summed E-state index contributed by atoms with van der Waals surface area (Å²) in [5.74, 6) is -0.676. The maximum absolute atomic E-state index is 12.6. The molecule has 0 saturated heterocycles. The number of nitrogens with zero attached hydrogens (tertiary/aromatic N) is 2. The van der Waals surface area contributed by atoms with Crippen molar-refractivity contribution in [3.63, 3.8) is 0 Å². The quantitative estimate of drug-likeness (QED) is 0.673. The van der Waals surface area contributed by atoms with E-state index in [1.807, 2.05) is 30.3 Å². The summed E-state index contributed by atoms with van der Waals surface area (Å²) in [6.45, 7) is 2.05. The zero-order chi connectivity index (χ0) is 16.9. The minimum Gasteiger partial charge on any atom is -0.462 e. The van der Waals surface area contributed by atoms with E-state index in [-0.39, 0.29) is 18.8 Å². The molecule has 0 N–H and O–H groups in total. The third kappa shape index (κ3) is 3.12. The molecule has 0 saturated carbocycles. The second-order valence-corrected chi connectivity index (χ2v) is 5.05. The highest BCUT2D eigenvalue weighted by Gasteiger charge is 2.18. The Balaban J connectivity index is 2.05. The molecule has 3 aromatic rings.